The molecule has 16 heavy (non-hydrogen) atoms. The van der Waals surface area contributed by atoms with Crippen molar-refractivity contribution in [3.8, 4) is 0 Å². The molecule has 0 aliphatic heterocycles. The zero-order chi connectivity index (χ0) is 12.2. The van der Waals surface area contributed by atoms with Crippen molar-refractivity contribution in [2.24, 2.45) is 17.3 Å². The average molecular weight is 227 g/mol. The first-order valence-electron chi connectivity index (χ1n) is 6.36. The first-order valence-corrected chi connectivity index (χ1v) is 6.36. The third kappa shape index (κ3) is 3.78. The van der Waals surface area contributed by atoms with Crippen molar-refractivity contribution < 1.29 is 9.63 Å². The largest absolute Gasteiger partial charge is 0.274 e. The number of hydrogen-bond donors (Lipinski definition) is 1. The van der Waals surface area contributed by atoms with Crippen LogP contribution in [-0.2, 0) is 9.63 Å². The summed E-state index contributed by atoms with van der Waals surface area (Å²) >= 11 is 0. The molecule has 1 fully saturated rings. The van der Waals surface area contributed by atoms with E-state index in [1.165, 1.54) is 0 Å². The van der Waals surface area contributed by atoms with Crippen LogP contribution in [0.25, 0.3) is 0 Å². The monoisotopic (exact) mass is 227 g/mol. The predicted octanol–water partition coefficient (Wildman–Crippen LogP) is 2.91. The van der Waals surface area contributed by atoms with E-state index < -0.39 is 0 Å². The number of rotatable bonds is 3. The maximum Gasteiger partial charge on any atom is 0.246 e. The maximum absolute atomic E-state index is 11.7. The van der Waals surface area contributed by atoms with Gasteiger partial charge in [0.15, 0.2) is 0 Å². The molecule has 1 aliphatic carbocycles. The molecule has 1 rings (SSSR count). The van der Waals surface area contributed by atoms with Crippen molar-refractivity contribution in [2.45, 2.75) is 53.4 Å². The second-order valence-electron chi connectivity index (χ2n) is 5.81. The van der Waals surface area contributed by atoms with Crippen molar-refractivity contribution >= 4 is 5.91 Å². The van der Waals surface area contributed by atoms with Crippen molar-refractivity contribution in [2.75, 3.05) is 6.61 Å². The van der Waals surface area contributed by atoms with Gasteiger partial charge < -0.3 is 0 Å². The lowest BCUT2D eigenvalue weighted by atomic mass is 9.70. The fraction of sp³-hybridized carbons (Fsp3) is 0.923. The maximum atomic E-state index is 11.7. The van der Waals surface area contributed by atoms with Crippen LogP contribution in [0.1, 0.15) is 53.4 Å². The normalized spacial score (nSPS) is 26.5. The number of amides is 1. The van der Waals surface area contributed by atoms with E-state index >= 15 is 0 Å². The minimum atomic E-state index is 0.0641. The Morgan fingerprint density at radius 3 is 2.25 bits per heavy atom. The number of hydroxylamine groups is 1. The minimum Gasteiger partial charge on any atom is -0.274 e. The fourth-order valence-corrected chi connectivity index (χ4v) is 2.45. The van der Waals surface area contributed by atoms with Gasteiger partial charge in [0.25, 0.3) is 0 Å². The molecular formula is C13H25NO2. The molecule has 1 saturated carbocycles. The molecule has 0 radical (unpaired) electrons. The first-order chi connectivity index (χ1) is 7.45. The summed E-state index contributed by atoms with van der Waals surface area (Å²) < 4.78 is 0. The molecule has 0 saturated heterocycles. The third-order valence-electron chi connectivity index (χ3n) is 3.64. The summed E-state index contributed by atoms with van der Waals surface area (Å²) in [5.74, 6) is 0.975. The van der Waals surface area contributed by atoms with E-state index in [1.54, 1.807) is 0 Å². The van der Waals surface area contributed by atoms with E-state index in [2.05, 4.69) is 26.3 Å². The molecule has 0 bridgehead atoms. The van der Waals surface area contributed by atoms with Crippen LogP contribution in [-0.4, -0.2) is 12.5 Å². The van der Waals surface area contributed by atoms with Crippen molar-refractivity contribution in [1.82, 2.24) is 5.48 Å². The second-order valence-corrected chi connectivity index (χ2v) is 5.81. The summed E-state index contributed by atoms with van der Waals surface area (Å²) in [6, 6.07) is 0. The summed E-state index contributed by atoms with van der Waals surface area (Å²) in [4.78, 5) is 16.6. The van der Waals surface area contributed by atoms with Gasteiger partial charge in [-0.05, 0) is 43.9 Å². The molecule has 3 heteroatoms. The van der Waals surface area contributed by atoms with E-state index in [4.69, 9.17) is 4.84 Å². The number of carbonyl (C=O) groups is 1. The van der Waals surface area contributed by atoms with Crippen molar-refractivity contribution in [3.63, 3.8) is 0 Å². The van der Waals surface area contributed by atoms with Gasteiger partial charge in [0.05, 0.1) is 6.61 Å². The van der Waals surface area contributed by atoms with E-state index in [0.29, 0.717) is 12.0 Å². The Labute approximate surface area is 98.9 Å². The van der Waals surface area contributed by atoms with Crippen LogP contribution < -0.4 is 5.48 Å². The van der Waals surface area contributed by atoms with E-state index in [1.807, 2.05) is 6.92 Å². The summed E-state index contributed by atoms with van der Waals surface area (Å²) in [5.41, 5.74) is 2.89. The molecule has 94 valence electrons. The molecule has 0 aromatic heterocycles. The van der Waals surface area contributed by atoms with Crippen LogP contribution in [0.15, 0.2) is 0 Å². The first kappa shape index (κ1) is 13.5. The van der Waals surface area contributed by atoms with E-state index in [9.17, 15) is 4.79 Å². The smallest absolute Gasteiger partial charge is 0.246 e. The molecule has 0 aromatic carbocycles. The van der Waals surface area contributed by atoms with Gasteiger partial charge in [0.1, 0.15) is 0 Å². The zero-order valence-corrected chi connectivity index (χ0v) is 11.0. The fourth-order valence-electron chi connectivity index (χ4n) is 2.45. The summed E-state index contributed by atoms with van der Waals surface area (Å²) in [7, 11) is 0. The Hall–Kier alpha value is -0.570. The van der Waals surface area contributed by atoms with Crippen LogP contribution >= 0.6 is 0 Å². The molecule has 1 N–H and O–H groups in total. The zero-order valence-electron chi connectivity index (χ0n) is 11.0. The molecule has 0 atom stereocenters. The third-order valence-corrected chi connectivity index (χ3v) is 3.64. The van der Waals surface area contributed by atoms with E-state index in [-0.39, 0.29) is 11.8 Å². The summed E-state index contributed by atoms with van der Waals surface area (Å²) in [6.45, 7) is 9.27. The number of nitrogens with one attached hydrogen (secondary N) is 1. The highest BCUT2D eigenvalue weighted by atomic mass is 16.6. The Morgan fingerprint density at radius 1 is 1.25 bits per heavy atom. The van der Waals surface area contributed by atoms with Gasteiger partial charge >= 0.3 is 0 Å². The summed E-state index contributed by atoms with van der Waals surface area (Å²) in [5, 5.41) is 0. The molecule has 0 spiro atoms. The molecule has 1 amide bonds. The lowest BCUT2D eigenvalue weighted by molar-refractivity contribution is -0.139. The second kappa shape index (κ2) is 5.67. The van der Waals surface area contributed by atoms with Crippen molar-refractivity contribution in [3.05, 3.63) is 0 Å². The molecule has 0 aromatic rings. The quantitative estimate of drug-likeness (QED) is 0.753. The molecule has 0 heterocycles. The number of hydrogen-bond acceptors (Lipinski definition) is 2. The Kier molecular flexibility index (Phi) is 4.78. The highest BCUT2D eigenvalue weighted by molar-refractivity contribution is 5.77. The van der Waals surface area contributed by atoms with Crippen molar-refractivity contribution in [1.29, 1.82) is 0 Å². The van der Waals surface area contributed by atoms with Gasteiger partial charge in [-0.25, -0.2) is 5.48 Å². The topological polar surface area (TPSA) is 38.3 Å². The predicted molar refractivity (Wildman–Crippen MR) is 64.7 cm³/mol. The van der Waals surface area contributed by atoms with Crippen LogP contribution in [0.2, 0.25) is 0 Å². The Balaban J connectivity index is 2.34. The molecule has 1 aliphatic rings. The van der Waals surface area contributed by atoms with Gasteiger partial charge in [-0.2, -0.15) is 0 Å². The average Bonchev–Trinajstić information content (AvgIpc) is 2.25. The Bertz CT molecular complexity index is 225. The molecule has 0 unspecified atom stereocenters. The molecular weight excluding hydrogens is 202 g/mol. The highest BCUT2D eigenvalue weighted by Gasteiger charge is 2.32. The van der Waals surface area contributed by atoms with Gasteiger partial charge in [-0.15, -0.1) is 0 Å². The van der Waals surface area contributed by atoms with Crippen LogP contribution in [0.5, 0.6) is 0 Å². The Morgan fingerprint density at radius 2 is 1.81 bits per heavy atom. The van der Waals surface area contributed by atoms with E-state index in [0.717, 1.165) is 31.6 Å². The van der Waals surface area contributed by atoms with Gasteiger partial charge in [0.2, 0.25) is 5.91 Å². The van der Waals surface area contributed by atoms with Crippen LogP contribution in [0.3, 0.4) is 0 Å². The standard InChI is InChI=1S/C13H25NO2/c1-5-16-14-12(15)10-6-8-11(9-7-10)13(2,3)4/h10-11H,5-9H2,1-4H3,(H,14,15). The number of carbonyl (C=O) groups excluding carboxylic acids is 1. The molecule has 3 nitrogen and oxygen atoms in total. The van der Waals surface area contributed by atoms with Gasteiger partial charge in [-0.1, -0.05) is 20.8 Å². The van der Waals surface area contributed by atoms with Crippen LogP contribution in [0, 0.1) is 17.3 Å². The van der Waals surface area contributed by atoms with Crippen LogP contribution in [0.4, 0.5) is 0 Å². The summed E-state index contributed by atoms with van der Waals surface area (Å²) in [6.07, 6.45) is 4.32. The van der Waals surface area contributed by atoms with Gasteiger partial charge in [-0.3, -0.25) is 9.63 Å². The highest BCUT2D eigenvalue weighted by Crippen LogP contribution is 2.39. The lowest BCUT2D eigenvalue weighted by Crippen LogP contribution is -2.35. The van der Waals surface area contributed by atoms with Gasteiger partial charge in [0, 0.05) is 5.92 Å². The lowest BCUT2D eigenvalue weighted by Gasteiger charge is -2.36. The SMILES string of the molecule is CCONC(=O)C1CCC(C(C)(C)C)CC1. The minimum absolute atomic E-state index is 0.0641.